The van der Waals surface area contributed by atoms with Crippen molar-refractivity contribution in [1.29, 1.82) is 0 Å². The zero-order chi connectivity index (χ0) is 24.4. The van der Waals surface area contributed by atoms with Gasteiger partial charge in [0.05, 0.1) is 18.4 Å². The largest absolute Gasteiger partial charge is 0.334 e. The van der Waals surface area contributed by atoms with Crippen LogP contribution in [-0.4, -0.2) is 44.5 Å². The molecule has 4 heterocycles. The Morgan fingerprint density at radius 1 is 1.11 bits per heavy atom. The lowest BCUT2D eigenvalue weighted by molar-refractivity contribution is 0.656. The number of nitrogens with zero attached hydrogens (tertiary/aromatic N) is 8. The second-order valence-electron chi connectivity index (χ2n) is 8.25. The molecule has 178 valence electrons. The van der Waals surface area contributed by atoms with Gasteiger partial charge in [0.2, 0.25) is 5.82 Å². The van der Waals surface area contributed by atoms with Gasteiger partial charge in [0.25, 0.3) is 0 Å². The highest BCUT2D eigenvalue weighted by molar-refractivity contribution is 6.32. The highest BCUT2D eigenvalue weighted by atomic mass is 35.5. The molecule has 0 spiro atoms. The minimum atomic E-state index is -0.173. The molecule has 1 N–H and O–H groups in total. The van der Waals surface area contributed by atoms with E-state index in [-0.39, 0.29) is 5.69 Å². The number of hydrogen-bond acceptors (Lipinski definition) is 6. The van der Waals surface area contributed by atoms with Crippen LogP contribution < -0.4 is 5.69 Å². The van der Waals surface area contributed by atoms with E-state index in [1.807, 2.05) is 42.6 Å². The van der Waals surface area contributed by atoms with Crippen molar-refractivity contribution < 1.29 is 0 Å². The maximum atomic E-state index is 13.5. The minimum Gasteiger partial charge on any atom is -0.290 e. The van der Waals surface area contributed by atoms with Crippen molar-refractivity contribution in [2.45, 2.75) is 32.7 Å². The molecule has 10 nitrogen and oxygen atoms in total. The number of hydrogen-bond donors (Lipinski definition) is 1. The molecule has 4 aromatic heterocycles. The van der Waals surface area contributed by atoms with Gasteiger partial charge >= 0.3 is 5.69 Å². The second kappa shape index (κ2) is 9.67. The number of benzene rings is 1. The zero-order valence-corrected chi connectivity index (χ0v) is 20.1. The third-order valence-corrected chi connectivity index (χ3v) is 6.14. The monoisotopic (exact) mass is 489 g/mol. The summed E-state index contributed by atoms with van der Waals surface area (Å²) in [4.78, 5) is 18.0. The summed E-state index contributed by atoms with van der Waals surface area (Å²) in [5, 5.41) is 18.8. The lowest BCUT2D eigenvalue weighted by Gasteiger charge is -2.09. The summed E-state index contributed by atoms with van der Waals surface area (Å²) in [5.74, 6) is 1.08. The van der Waals surface area contributed by atoms with Crippen LogP contribution in [0.2, 0.25) is 5.02 Å². The van der Waals surface area contributed by atoms with Crippen LogP contribution >= 0.6 is 11.6 Å². The number of tetrazole rings is 1. The fraction of sp³-hybridized carbons (Fsp3) is 0.250. The molecule has 0 fully saturated rings. The lowest BCUT2D eigenvalue weighted by atomic mass is 10.0. The number of aromatic nitrogens is 9. The fourth-order valence-corrected chi connectivity index (χ4v) is 4.37. The Kier molecular flexibility index (Phi) is 6.28. The van der Waals surface area contributed by atoms with Gasteiger partial charge in [-0.2, -0.15) is 10.3 Å². The molecule has 0 radical (unpaired) electrons. The van der Waals surface area contributed by atoms with E-state index in [2.05, 4.69) is 37.6 Å². The van der Waals surface area contributed by atoms with Crippen LogP contribution in [0.1, 0.15) is 31.2 Å². The van der Waals surface area contributed by atoms with Crippen LogP contribution in [0.15, 0.2) is 59.8 Å². The highest BCUT2D eigenvalue weighted by Crippen LogP contribution is 2.25. The molecular weight excluding hydrogens is 466 g/mol. The topological polar surface area (TPSA) is 112 Å². The Labute approximate surface area is 206 Å². The molecular formula is C24H24ClN9O. The lowest BCUT2D eigenvalue weighted by Crippen LogP contribution is -2.26. The van der Waals surface area contributed by atoms with E-state index in [0.717, 1.165) is 47.3 Å². The Bertz CT molecular complexity index is 1490. The average molecular weight is 490 g/mol. The van der Waals surface area contributed by atoms with Gasteiger partial charge in [-0.3, -0.25) is 18.8 Å². The molecule has 0 bridgehead atoms. The summed E-state index contributed by atoms with van der Waals surface area (Å²) in [5.41, 5.74) is 4.37. The van der Waals surface area contributed by atoms with E-state index in [1.54, 1.807) is 33.3 Å². The molecule has 0 amide bonds. The van der Waals surface area contributed by atoms with Crippen molar-refractivity contribution >= 4 is 11.6 Å². The first-order chi connectivity index (χ1) is 17.0. The Morgan fingerprint density at radius 3 is 2.69 bits per heavy atom. The van der Waals surface area contributed by atoms with E-state index in [9.17, 15) is 4.79 Å². The molecule has 0 aliphatic heterocycles. The molecule has 0 aliphatic carbocycles. The fourth-order valence-electron chi connectivity index (χ4n) is 4.11. The standard InChI is InChI=1S/C24H24ClN9O/c1-3-4-8-20-15-34(23-21(25)13-27-32(23)2)24(35)33(20)14-19-12-17(9-10-26-19)16-6-5-7-18(11-16)22-28-30-31-29-22/h5-7,9-13,15H,3-4,8,14H2,1-2H3,(H,28,29,30,31). The minimum absolute atomic E-state index is 0.173. The van der Waals surface area contributed by atoms with Crippen molar-refractivity contribution in [2.24, 2.45) is 7.05 Å². The van der Waals surface area contributed by atoms with E-state index >= 15 is 0 Å². The summed E-state index contributed by atoms with van der Waals surface area (Å²) in [7, 11) is 1.77. The van der Waals surface area contributed by atoms with Crippen molar-refractivity contribution in [3.63, 3.8) is 0 Å². The van der Waals surface area contributed by atoms with E-state index in [0.29, 0.717) is 23.2 Å². The van der Waals surface area contributed by atoms with E-state index in [4.69, 9.17) is 11.6 Å². The third kappa shape index (κ3) is 4.52. The Hall–Kier alpha value is -4.05. The van der Waals surface area contributed by atoms with Crippen molar-refractivity contribution in [3.8, 4) is 28.3 Å². The van der Waals surface area contributed by atoms with E-state index < -0.39 is 0 Å². The van der Waals surface area contributed by atoms with Gasteiger partial charge < -0.3 is 0 Å². The summed E-state index contributed by atoms with van der Waals surface area (Å²) >= 11 is 6.34. The molecule has 0 saturated heterocycles. The number of nitrogens with one attached hydrogen (secondary N) is 1. The highest BCUT2D eigenvalue weighted by Gasteiger charge is 2.18. The summed E-state index contributed by atoms with van der Waals surface area (Å²) in [6, 6.07) is 11.8. The van der Waals surface area contributed by atoms with Gasteiger partial charge in [-0.1, -0.05) is 43.1 Å². The molecule has 0 saturated carbocycles. The Balaban J connectivity index is 1.51. The van der Waals surface area contributed by atoms with Crippen LogP contribution in [0, 0.1) is 0 Å². The van der Waals surface area contributed by atoms with Gasteiger partial charge in [0, 0.05) is 30.7 Å². The quantitative estimate of drug-likeness (QED) is 0.356. The number of halogens is 1. The summed E-state index contributed by atoms with van der Waals surface area (Å²) in [6.07, 6.45) is 7.94. The average Bonchev–Trinajstić information content (AvgIpc) is 3.60. The molecule has 5 rings (SSSR count). The number of aromatic amines is 1. The molecule has 0 aliphatic rings. The maximum absolute atomic E-state index is 13.5. The van der Waals surface area contributed by atoms with Crippen LogP contribution in [-0.2, 0) is 20.0 Å². The van der Waals surface area contributed by atoms with Crippen molar-refractivity contribution in [1.82, 2.24) is 44.5 Å². The number of aryl methyl sites for hydroxylation is 2. The first-order valence-electron chi connectivity index (χ1n) is 11.3. The van der Waals surface area contributed by atoms with Gasteiger partial charge in [0.15, 0.2) is 5.82 Å². The first kappa shape index (κ1) is 22.7. The van der Waals surface area contributed by atoms with Gasteiger partial charge in [0.1, 0.15) is 5.02 Å². The normalized spacial score (nSPS) is 11.3. The SMILES string of the molecule is CCCCc1cn(-c2c(Cl)cnn2C)c(=O)n1Cc1cc(-c2cccc(-c3nn[nH]n3)c2)ccn1. The Morgan fingerprint density at radius 2 is 1.94 bits per heavy atom. The predicted octanol–water partition coefficient (Wildman–Crippen LogP) is 3.66. The van der Waals surface area contributed by atoms with E-state index in [1.165, 1.54) is 0 Å². The smallest absolute Gasteiger partial charge is 0.290 e. The van der Waals surface area contributed by atoms with Gasteiger partial charge in [-0.15, -0.1) is 10.2 Å². The van der Waals surface area contributed by atoms with Gasteiger partial charge in [-0.25, -0.2) is 4.79 Å². The molecule has 11 heteroatoms. The zero-order valence-electron chi connectivity index (χ0n) is 19.4. The molecule has 0 unspecified atom stereocenters. The number of H-pyrrole nitrogens is 1. The number of unbranched alkanes of at least 4 members (excludes halogenated alkanes) is 1. The number of pyridine rings is 1. The van der Waals surface area contributed by atoms with Crippen LogP contribution in [0.4, 0.5) is 0 Å². The molecule has 1 aromatic carbocycles. The van der Waals surface area contributed by atoms with Crippen LogP contribution in [0.3, 0.4) is 0 Å². The number of imidazole rings is 1. The van der Waals surface area contributed by atoms with Crippen LogP contribution in [0.25, 0.3) is 28.3 Å². The van der Waals surface area contributed by atoms with Gasteiger partial charge in [-0.05, 0) is 47.4 Å². The van der Waals surface area contributed by atoms with Crippen molar-refractivity contribution in [2.75, 3.05) is 0 Å². The molecule has 0 atom stereocenters. The molecule has 35 heavy (non-hydrogen) atoms. The first-order valence-corrected chi connectivity index (χ1v) is 11.7. The predicted molar refractivity (Wildman–Crippen MR) is 132 cm³/mol. The van der Waals surface area contributed by atoms with Crippen LogP contribution in [0.5, 0.6) is 0 Å². The maximum Gasteiger partial charge on any atom is 0.334 e. The third-order valence-electron chi connectivity index (χ3n) is 5.88. The summed E-state index contributed by atoms with van der Waals surface area (Å²) < 4.78 is 4.94. The second-order valence-corrected chi connectivity index (χ2v) is 8.66. The molecule has 5 aromatic rings. The van der Waals surface area contributed by atoms with Crippen molar-refractivity contribution in [3.05, 3.63) is 81.9 Å². The number of rotatable bonds is 8. The summed E-state index contributed by atoms with van der Waals surface area (Å²) in [6.45, 7) is 2.48.